The molecule has 2 aromatic carbocycles. The lowest BCUT2D eigenvalue weighted by Gasteiger charge is -2.06. The van der Waals surface area contributed by atoms with E-state index in [0.29, 0.717) is 22.4 Å². The molecule has 0 unspecified atom stereocenters. The zero-order valence-electron chi connectivity index (χ0n) is 13.1. The van der Waals surface area contributed by atoms with Crippen molar-refractivity contribution in [3.05, 3.63) is 69.7 Å². The molecule has 8 heteroatoms. The molecule has 0 radical (unpaired) electrons. The van der Waals surface area contributed by atoms with Crippen molar-refractivity contribution in [2.45, 2.75) is 6.61 Å². The van der Waals surface area contributed by atoms with Crippen LogP contribution in [0.4, 0.5) is 5.69 Å². The number of hydrogen-bond donors (Lipinski definition) is 0. The molecule has 0 spiro atoms. The third kappa shape index (κ3) is 3.89. The van der Waals surface area contributed by atoms with E-state index in [-0.39, 0.29) is 18.0 Å². The average Bonchev–Trinajstić information content (AvgIpc) is 3.09. The molecule has 0 fully saturated rings. The number of hydrogen-bond acceptors (Lipinski definition) is 6. The van der Waals surface area contributed by atoms with E-state index in [2.05, 4.69) is 4.98 Å². The van der Waals surface area contributed by atoms with E-state index in [9.17, 15) is 10.1 Å². The van der Waals surface area contributed by atoms with Gasteiger partial charge in [0, 0.05) is 10.6 Å². The highest BCUT2D eigenvalue weighted by Gasteiger charge is 2.17. The topological polar surface area (TPSA) is 87.6 Å². The highest BCUT2D eigenvalue weighted by atomic mass is 35.5. The minimum absolute atomic E-state index is 0.0479. The van der Waals surface area contributed by atoms with E-state index in [1.165, 1.54) is 19.2 Å². The molecule has 0 aliphatic carbocycles. The van der Waals surface area contributed by atoms with Gasteiger partial charge in [-0.1, -0.05) is 23.7 Å². The van der Waals surface area contributed by atoms with Gasteiger partial charge in [-0.15, -0.1) is 0 Å². The monoisotopic (exact) mass is 360 g/mol. The fourth-order valence-corrected chi connectivity index (χ4v) is 2.37. The lowest BCUT2D eigenvalue weighted by atomic mass is 10.2. The van der Waals surface area contributed by atoms with Gasteiger partial charge in [0.2, 0.25) is 5.89 Å². The number of oxazole rings is 1. The lowest BCUT2D eigenvalue weighted by molar-refractivity contribution is -0.386. The maximum absolute atomic E-state index is 11.1. The first kappa shape index (κ1) is 16.8. The van der Waals surface area contributed by atoms with Gasteiger partial charge in [0.25, 0.3) is 0 Å². The van der Waals surface area contributed by atoms with Crippen LogP contribution in [0.3, 0.4) is 0 Å². The van der Waals surface area contributed by atoms with Crippen molar-refractivity contribution in [1.82, 2.24) is 4.98 Å². The first-order valence-corrected chi connectivity index (χ1v) is 7.60. The minimum atomic E-state index is -0.537. The average molecular weight is 361 g/mol. The largest absolute Gasteiger partial charge is 0.496 e. The third-order valence-electron chi connectivity index (χ3n) is 3.38. The van der Waals surface area contributed by atoms with Gasteiger partial charge in [-0.25, -0.2) is 4.98 Å². The fraction of sp³-hybridized carbons (Fsp3) is 0.118. The third-order valence-corrected chi connectivity index (χ3v) is 3.61. The summed E-state index contributed by atoms with van der Waals surface area (Å²) < 4.78 is 16.1. The van der Waals surface area contributed by atoms with E-state index in [1.54, 1.807) is 30.5 Å². The van der Waals surface area contributed by atoms with Crippen LogP contribution in [-0.4, -0.2) is 17.0 Å². The van der Waals surface area contributed by atoms with Crippen molar-refractivity contribution in [1.29, 1.82) is 0 Å². The standard InChI is InChI=1S/C17H13ClN2O5/c1-23-13-5-6-15(14(8-13)20(21)22)24-10-17-19-9-16(25-17)11-3-2-4-12(18)7-11/h2-9H,10H2,1H3. The summed E-state index contributed by atoms with van der Waals surface area (Å²) >= 11 is 5.95. The van der Waals surface area contributed by atoms with Crippen LogP contribution in [0.2, 0.25) is 5.02 Å². The second-order valence-corrected chi connectivity index (χ2v) is 5.44. The Morgan fingerprint density at radius 2 is 2.12 bits per heavy atom. The molecule has 0 saturated carbocycles. The first-order valence-electron chi connectivity index (χ1n) is 7.22. The molecule has 0 atom stereocenters. The Hall–Kier alpha value is -3.06. The molecule has 0 saturated heterocycles. The number of ether oxygens (including phenoxy) is 2. The number of aromatic nitrogens is 1. The summed E-state index contributed by atoms with van der Waals surface area (Å²) in [6.07, 6.45) is 1.55. The van der Waals surface area contributed by atoms with E-state index >= 15 is 0 Å². The molecule has 0 aliphatic heterocycles. The van der Waals surface area contributed by atoms with Crippen LogP contribution in [-0.2, 0) is 6.61 Å². The Labute approximate surface area is 147 Å². The maximum atomic E-state index is 11.1. The summed E-state index contributed by atoms with van der Waals surface area (Å²) in [5.41, 5.74) is 0.586. The molecule has 0 bridgehead atoms. The molecule has 1 heterocycles. The SMILES string of the molecule is COc1ccc(OCc2ncc(-c3cccc(Cl)c3)o2)c([N+](=O)[O-])c1. The van der Waals surface area contributed by atoms with Gasteiger partial charge in [-0.3, -0.25) is 10.1 Å². The van der Waals surface area contributed by atoms with E-state index in [4.69, 9.17) is 25.5 Å². The predicted octanol–water partition coefficient (Wildman–Crippen LogP) is 4.49. The van der Waals surface area contributed by atoms with Crippen molar-refractivity contribution >= 4 is 17.3 Å². The Morgan fingerprint density at radius 3 is 2.84 bits per heavy atom. The zero-order valence-corrected chi connectivity index (χ0v) is 13.9. The van der Waals surface area contributed by atoms with E-state index in [0.717, 1.165) is 5.56 Å². The summed E-state index contributed by atoms with van der Waals surface area (Å²) in [7, 11) is 1.43. The molecule has 7 nitrogen and oxygen atoms in total. The Bertz CT molecular complexity index is 910. The lowest BCUT2D eigenvalue weighted by Crippen LogP contribution is -1.99. The summed E-state index contributed by atoms with van der Waals surface area (Å²) in [6.45, 7) is -0.0479. The Kier molecular flexibility index (Phi) is 4.85. The van der Waals surface area contributed by atoms with Crippen molar-refractivity contribution in [2.24, 2.45) is 0 Å². The molecule has 1 aromatic heterocycles. The van der Waals surface area contributed by atoms with Crippen molar-refractivity contribution in [3.63, 3.8) is 0 Å². The van der Waals surface area contributed by atoms with Crippen LogP contribution in [0, 0.1) is 10.1 Å². The number of nitro groups is 1. The smallest absolute Gasteiger partial charge is 0.314 e. The number of nitro benzene ring substituents is 1. The number of nitrogens with zero attached hydrogens (tertiary/aromatic N) is 2. The molecule has 3 rings (SSSR count). The number of methoxy groups -OCH3 is 1. The maximum Gasteiger partial charge on any atom is 0.314 e. The molecular weight excluding hydrogens is 348 g/mol. The van der Waals surface area contributed by atoms with Gasteiger partial charge >= 0.3 is 5.69 Å². The van der Waals surface area contributed by atoms with Crippen LogP contribution in [0.1, 0.15) is 5.89 Å². The van der Waals surface area contributed by atoms with Gasteiger partial charge in [0.15, 0.2) is 18.1 Å². The second kappa shape index (κ2) is 7.23. The normalized spacial score (nSPS) is 10.5. The molecule has 128 valence electrons. The molecule has 25 heavy (non-hydrogen) atoms. The first-order chi connectivity index (χ1) is 12.1. The predicted molar refractivity (Wildman–Crippen MR) is 90.9 cm³/mol. The number of rotatable bonds is 6. The highest BCUT2D eigenvalue weighted by Crippen LogP contribution is 2.32. The molecule has 0 amide bonds. The quantitative estimate of drug-likeness (QED) is 0.475. The van der Waals surface area contributed by atoms with Crippen LogP contribution in [0.5, 0.6) is 11.5 Å². The van der Waals surface area contributed by atoms with Gasteiger partial charge in [-0.05, 0) is 24.3 Å². The molecular formula is C17H13ClN2O5. The van der Waals surface area contributed by atoms with Gasteiger partial charge in [0.05, 0.1) is 24.3 Å². The van der Waals surface area contributed by atoms with Gasteiger partial charge < -0.3 is 13.9 Å². The Morgan fingerprint density at radius 1 is 1.28 bits per heavy atom. The number of benzene rings is 2. The summed E-state index contributed by atoms with van der Waals surface area (Å²) in [4.78, 5) is 14.7. The zero-order chi connectivity index (χ0) is 17.8. The van der Waals surface area contributed by atoms with Crippen LogP contribution in [0.25, 0.3) is 11.3 Å². The van der Waals surface area contributed by atoms with E-state index in [1.807, 2.05) is 6.07 Å². The van der Waals surface area contributed by atoms with Crippen molar-refractivity contribution in [2.75, 3.05) is 7.11 Å². The van der Waals surface area contributed by atoms with Gasteiger partial charge in [-0.2, -0.15) is 0 Å². The molecule has 0 N–H and O–H groups in total. The Balaban J connectivity index is 1.76. The summed E-state index contributed by atoms with van der Waals surface area (Å²) in [6, 6.07) is 11.5. The fourth-order valence-electron chi connectivity index (χ4n) is 2.18. The van der Waals surface area contributed by atoms with E-state index < -0.39 is 4.92 Å². The molecule has 3 aromatic rings. The highest BCUT2D eigenvalue weighted by molar-refractivity contribution is 6.30. The minimum Gasteiger partial charge on any atom is -0.496 e. The van der Waals surface area contributed by atoms with Crippen LogP contribution >= 0.6 is 11.6 Å². The summed E-state index contributed by atoms with van der Waals surface area (Å²) in [5, 5.41) is 11.7. The van der Waals surface area contributed by atoms with Crippen LogP contribution < -0.4 is 9.47 Å². The van der Waals surface area contributed by atoms with Crippen molar-refractivity contribution in [3.8, 4) is 22.8 Å². The second-order valence-electron chi connectivity index (χ2n) is 5.01. The van der Waals surface area contributed by atoms with Crippen molar-refractivity contribution < 1.29 is 18.8 Å². The van der Waals surface area contributed by atoms with Gasteiger partial charge in [0.1, 0.15) is 5.75 Å². The summed E-state index contributed by atoms with van der Waals surface area (Å²) in [5.74, 6) is 1.30. The molecule has 0 aliphatic rings. The van der Waals surface area contributed by atoms with Crippen LogP contribution in [0.15, 0.2) is 53.1 Å². The number of halogens is 1.